The van der Waals surface area contributed by atoms with Gasteiger partial charge in [-0.1, -0.05) is 6.08 Å². The topological polar surface area (TPSA) is 57.6 Å². The summed E-state index contributed by atoms with van der Waals surface area (Å²) < 4.78 is 0. The first-order valence-electron chi connectivity index (χ1n) is 4.50. The second-order valence-corrected chi connectivity index (χ2v) is 3.96. The standard InChI is InChI=1S/C10H17NO3/c1-10(2,3)11(9(13)14)7-5-4-6-8-12/h4,6,8H,5,7H2,1-3H3,(H,13,14). The first-order valence-corrected chi connectivity index (χ1v) is 4.50. The Morgan fingerprint density at radius 1 is 1.43 bits per heavy atom. The lowest BCUT2D eigenvalue weighted by molar-refractivity contribution is -0.104. The van der Waals surface area contributed by atoms with Crippen molar-refractivity contribution in [3.8, 4) is 0 Å². The van der Waals surface area contributed by atoms with Crippen molar-refractivity contribution in [1.82, 2.24) is 4.90 Å². The summed E-state index contributed by atoms with van der Waals surface area (Å²) in [7, 11) is 0. The van der Waals surface area contributed by atoms with Gasteiger partial charge < -0.3 is 10.0 Å². The lowest BCUT2D eigenvalue weighted by Crippen LogP contribution is -2.45. The molecule has 0 aliphatic rings. The molecule has 0 saturated heterocycles. The number of carboxylic acid groups (broad SMARTS) is 1. The summed E-state index contributed by atoms with van der Waals surface area (Å²) in [6.07, 6.45) is 3.35. The highest BCUT2D eigenvalue weighted by Crippen LogP contribution is 2.13. The number of aldehydes is 1. The molecule has 14 heavy (non-hydrogen) atoms. The fourth-order valence-electron chi connectivity index (χ4n) is 1.07. The van der Waals surface area contributed by atoms with Crippen molar-refractivity contribution >= 4 is 12.4 Å². The van der Waals surface area contributed by atoms with Gasteiger partial charge >= 0.3 is 6.09 Å². The number of hydrogen-bond acceptors (Lipinski definition) is 2. The molecule has 4 heteroatoms. The molecule has 0 aromatic heterocycles. The van der Waals surface area contributed by atoms with Crippen LogP contribution in [0.25, 0.3) is 0 Å². The number of allylic oxidation sites excluding steroid dienone is 1. The summed E-state index contributed by atoms with van der Waals surface area (Å²) in [5, 5.41) is 8.90. The Morgan fingerprint density at radius 3 is 2.36 bits per heavy atom. The molecule has 80 valence electrons. The molecule has 0 heterocycles. The molecule has 0 aromatic rings. The predicted molar refractivity (Wildman–Crippen MR) is 54.3 cm³/mol. The third-order valence-electron chi connectivity index (χ3n) is 1.77. The van der Waals surface area contributed by atoms with Crippen LogP contribution >= 0.6 is 0 Å². The SMILES string of the molecule is CC(C)(C)N(CCC=CC=O)C(=O)O. The van der Waals surface area contributed by atoms with Crippen molar-refractivity contribution in [1.29, 1.82) is 0 Å². The van der Waals surface area contributed by atoms with E-state index in [1.165, 1.54) is 11.0 Å². The van der Waals surface area contributed by atoms with Crippen molar-refractivity contribution < 1.29 is 14.7 Å². The van der Waals surface area contributed by atoms with Crippen LogP contribution in [0.5, 0.6) is 0 Å². The smallest absolute Gasteiger partial charge is 0.407 e. The number of hydrogen-bond donors (Lipinski definition) is 1. The van der Waals surface area contributed by atoms with Crippen LogP contribution in [0.2, 0.25) is 0 Å². The highest BCUT2D eigenvalue weighted by Gasteiger charge is 2.24. The van der Waals surface area contributed by atoms with E-state index in [0.29, 0.717) is 19.3 Å². The molecule has 0 spiro atoms. The zero-order chi connectivity index (χ0) is 11.2. The van der Waals surface area contributed by atoms with Gasteiger partial charge in [-0.3, -0.25) is 4.79 Å². The molecule has 4 nitrogen and oxygen atoms in total. The van der Waals surface area contributed by atoms with E-state index in [1.807, 2.05) is 20.8 Å². The minimum Gasteiger partial charge on any atom is -0.465 e. The highest BCUT2D eigenvalue weighted by atomic mass is 16.4. The Labute approximate surface area is 84.2 Å². The molecule has 0 aliphatic heterocycles. The van der Waals surface area contributed by atoms with E-state index in [1.54, 1.807) is 6.08 Å². The second kappa shape index (κ2) is 5.42. The number of amides is 1. The molecule has 0 fully saturated rings. The molecule has 0 aliphatic carbocycles. The predicted octanol–water partition coefficient (Wildman–Crippen LogP) is 1.91. The van der Waals surface area contributed by atoms with Crippen LogP contribution in [0.1, 0.15) is 27.2 Å². The summed E-state index contributed by atoms with van der Waals surface area (Å²) >= 11 is 0. The van der Waals surface area contributed by atoms with Crippen LogP contribution in [0.3, 0.4) is 0 Å². The van der Waals surface area contributed by atoms with Gasteiger partial charge in [0.15, 0.2) is 0 Å². The molecule has 1 N–H and O–H groups in total. The molecule has 1 amide bonds. The van der Waals surface area contributed by atoms with Gasteiger partial charge in [0, 0.05) is 12.1 Å². The minimum atomic E-state index is -0.933. The maximum atomic E-state index is 10.8. The Hall–Kier alpha value is -1.32. The molecule has 0 rings (SSSR count). The quantitative estimate of drug-likeness (QED) is 0.555. The Morgan fingerprint density at radius 2 is 2.00 bits per heavy atom. The van der Waals surface area contributed by atoms with Crippen molar-refractivity contribution in [2.45, 2.75) is 32.7 Å². The minimum absolute atomic E-state index is 0.402. The van der Waals surface area contributed by atoms with Crippen LogP contribution in [-0.2, 0) is 4.79 Å². The van der Waals surface area contributed by atoms with E-state index in [0.717, 1.165) is 0 Å². The summed E-state index contributed by atoms with van der Waals surface area (Å²) in [5.41, 5.74) is -0.402. The van der Waals surface area contributed by atoms with E-state index in [-0.39, 0.29) is 0 Å². The Bertz CT molecular complexity index is 228. The number of nitrogens with zero attached hydrogens (tertiary/aromatic N) is 1. The zero-order valence-electron chi connectivity index (χ0n) is 8.86. The number of carbonyl (C=O) groups is 2. The van der Waals surface area contributed by atoms with Gasteiger partial charge in [-0.2, -0.15) is 0 Å². The van der Waals surface area contributed by atoms with Gasteiger partial charge in [0.25, 0.3) is 0 Å². The van der Waals surface area contributed by atoms with Gasteiger partial charge in [-0.05, 0) is 33.3 Å². The molecular weight excluding hydrogens is 182 g/mol. The monoisotopic (exact) mass is 199 g/mol. The summed E-state index contributed by atoms with van der Waals surface area (Å²) in [6.45, 7) is 5.92. The Kier molecular flexibility index (Phi) is 4.91. The largest absolute Gasteiger partial charge is 0.465 e. The van der Waals surface area contributed by atoms with Crippen LogP contribution in [0, 0.1) is 0 Å². The van der Waals surface area contributed by atoms with Crippen LogP contribution in [-0.4, -0.2) is 34.5 Å². The first kappa shape index (κ1) is 12.7. The molecule has 0 aromatic carbocycles. The summed E-state index contributed by atoms with van der Waals surface area (Å²) in [5.74, 6) is 0. The van der Waals surface area contributed by atoms with Crippen molar-refractivity contribution in [3.05, 3.63) is 12.2 Å². The molecule has 0 radical (unpaired) electrons. The maximum Gasteiger partial charge on any atom is 0.407 e. The fourth-order valence-corrected chi connectivity index (χ4v) is 1.07. The lowest BCUT2D eigenvalue weighted by atomic mass is 10.1. The van der Waals surface area contributed by atoms with Crippen LogP contribution in [0.15, 0.2) is 12.2 Å². The first-order chi connectivity index (χ1) is 6.39. The molecule has 0 saturated carbocycles. The van der Waals surface area contributed by atoms with Gasteiger partial charge in [0.05, 0.1) is 0 Å². The van der Waals surface area contributed by atoms with E-state index in [9.17, 15) is 9.59 Å². The summed E-state index contributed by atoms with van der Waals surface area (Å²) in [4.78, 5) is 22.2. The van der Waals surface area contributed by atoms with Crippen LogP contribution in [0.4, 0.5) is 4.79 Å². The second-order valence-electron chi connectivity index (χ2n) is 3.96. The fraction of sp³-hybridized carbons (Fsp3) is 0.600. The van der Waals surface area contributed by atoms with Gasteiger partial charge in [-0.15, -0.1) is 0 Å². The third kappa shape index (κ3) is 4.64. The average Bonchev–Trinajstić information content (AvgIpc) is 2.01. The van der Waals surface area contributed by atoms with E-state index >= 15 is 0 Å². The maximum absolute atomic E-state index is 10.8. The lowest BCUT2D eigenvalue weighted by Gasteiger charge is -2.32. The zero-order valence-corrected chi connectivity index (χ0v) is 8.86. The van der Waals surface area contributed by atoms with Crippen molar-refractivity contribution in [3.63, 3.8) is 0 Å². The normalized spacial score (nSPS) is 11.6. The van der Waals surface area contributed by atoms with Gasteiger partial charge in [-0.25, -0.2) is 4.79 Å². The molecular formula is C10H17NO3. The molecule has 0 bridgehead atoms. The molecule has 0 atom stereocenters. The highest BCUT2D eigenvalue weighted by molar-refractivity contribution is 5.66. The van der Waals surface area contributed by atoms with E-state index < -0.39 is 11.6 Å². The van der Waals surface area contributed by atoms with E-state index in [4.69, 9.17) is 5.11 Å². The summed E-state index contributed by atoms with van der Waals surface area (Å²) in [6, 6.07) is 0. The number of rotatable bonds is 4. The Balaban J connectivity index is 4.19. The molecule has 0 unspecified atom stereocenters. The number of carbonyl (C=O) groups excluding carboxylic acids is 1. The van der Waals surface area contributed by atoms with E-state index in [2.05, 4.69) is 0 Å². The van der Waals surface area contributed by atoms with Gasteiger partial charge in [0.2, 0.25) is 0 Å². The van der Waals surface area contributed by atoms with Gasteiger partial charge in [0.1, 0.15) is 6.29 Å². The van der Waals surface area contributed by atoms with Crippen LogP contribution < -0.4 is 0 Å². The van der Waals surface area contributed by atoms with Crippen molar-refractivity contribution in [2.75, 3.05) is 6.54 Å². The van der Waals surface area contributed by atoms with Crippen molar-refractivity contribution in [2.24, 2.45) is 0 Å². The third-order valence-corrected chi connectivity index (χ3v) is 1.77. The average molecular weight is 199 g/mol.